The third kappa shape index (κ3) is 4.46. The Hall–Kier alpha value is -0.0800. The van der Waals surface area contributed by atoms with Gasteiger partial charge in [0.15, 0.2) is 0 Å². The molecule has 0 spiro atoms. The van der Waals surface area contributed by atoms with Crippen LogP contribution in [0.5, 0.6) is 0 Å². The fourth-order valence-electron chi connectivity index (χ4n) is 4.23. The molecule has 0 aromatic heterocycles. The van der Waals surface area contributed by atoms with Gasteiger partial charge in [0, 0.05) is 12.6 Å². The average molecular weight is 267 g/mol. The third-order valence-electron chi connectivity index (χ3n) is 5.40. The molecule has 0 aromatic rings. The van der Waals surface area contributed by atoms with Gasteiger partial charge in [-0.25, -0.2) is 0 Å². The van der Waals surface area contributed by atoms with Crippen LogP contribution in [-0.2, 0) is 4.74 Å². The number of ether oxygens (including phenoxy) is 1. The van der Waals surface area contributed by atoms with Crippen molar-refractivity contribution in [2.45, 2.75) is 70.8 Å². The second kappa shape index (κ2) is 8.26. The van der Waals surface area contributed by atoms with Gasteiger partial charge in [0.2, 0.25) is 0 Å². The molecule has 1 aliphatic heterocycles. The normalized spacial score (nSPS) is 34.1. The summed E-state index contributed by atoms with van der Waals surface area (Å²) < 4.78 is 5.69. The fourth-order valence-corrected chi connectivity index (χ4v) is 4.23. The minimum Gasteiger partial charge on any atom is -0.381 e. The van der Waals surface area contributed by atoms with E-state index in [1.165, 1.54) is 57.8 Å². The molecule has 2 aliphatic rings. The summed E-state index contributed by atoms with van der Waals surface area (Å²) in [6.07, 6.45) is 12.7. The molecule has 1 aliphatic carbocycles. The predicted octanol–water partition coefficient (Wildman–Crippen LogP) is 4.00. The van der Waals surface area contributed by atoms with E-state index in [1.807, 2.05) is 0 Å². The number of hydrogen-bond donors (Lipinski definition) is 1. The molecule has 112 valence electrons. The molecule has 1 saturated heterocycles. The van der Waals surface area contributed by atoms with Crippen LogP contribution in [0.15, 0.2) is 0 Å². The zero-order valence-electron chi connectivity index (χ0n) is 13.0. The molecule has 2 heteroatoms. The van der Waals surface area contributed by atoms with E-state index in [0.29, 0.717) is 6.04 Å². The molecule has 0 aromatic carbocycles. The lowest BCUT2D eigenvalue weighted by atomic mass is 9.73. The number of rotatable bonds is 6. The van der Waals surface area contributed by atoms with E-state index >= 15 is 0 Å². The summed E-state index contributed by atoms with van der Waals surface area (Å²) in [7, 11) is 2.16. The van der Waals surface area contributed by atoms with Crippen LogP contribution in [0.1, 0.15) is 64.7 Å². The van der Waals surface area contributed by atoms with Gasteiger partial charge in [0.1, 0.15) is 0 Å². The van der Waals surface area contributed by atoms with Crippen LogP contribution in [0.3, 0.4) is 0 Å². The maximum Gasteiger partial charge on any atom is 0.0509 e. The lowest BCUT2D eigenvalue weighted by Crippen LogP contribution is -2.44. The monoisotopic (exact) mass is 267 g/mol. The van der Waals surface area contributed by atoms with Gasteiger partial charge in [-0.15, -0.1) is 0 Å². The van der Waals surface area contributed by atoms with E-state index in [2.05, 4.69) is 19.3 Å². The first-order chi connectivity index (χ1) is 9.35. The highest BCUT2D eigenvalue weighted by Gasteiger charge is 2.32. The molecule has 2 rings (SSSR count). The minimum absolute atomic E-state index is 0.701. The van der Waals surface area contributed by atoms with Crippen LogP contribution < -0.4 is 5.32 Å². The van der Waals surface area contributed by atoms with Crippen molar-refractivity contribution in [3.05, 3.63) is 0 Å². The highest BCUT2D eigenvalue weighted by Crippen LogP contribution is 2.36. The van der Waals surface area contributed by atoms with Gasteiger partial charge in [0.05, 0.1) is 6.61 Å². The standard InChI is InChI=1S/C17H33NO/c1-3-4-6-14-8-10-15(11-9-14)17(18-2)16-7-5-12-19-13-16/h14-18H,3-13H2,1-2H3. The highest BCUT2D eigenvalue weighted by atomic mass is 16.5. The Balaban J connectivity index is 1.77. The molecule has 0 bridgehead atoms. The van der Waals surface area contributed by atoms with Crippen molar-refractivity contribution in [3.63, 3.8) is 0 Å². The Morgan fingerprint density at radius 3 is 2.47 bits per heavy atom. The predicted molar refractivity (Wildman–Crippen MR) is 81.4 cm³/mol. The van der Waals surface area contributed by atoms with Gasteiger partial charge < -0.3 is 10.1 Å². The topological polar surface area (TPSA) is 21.3 Å². The molecule has 0 radical (unpaired) electrons. The molecule has 19 heavy (non-hydrogen) atoms. The average Bonchev–Trinajstić information content (AvgIpc) is 2.48. The maximum atomic E-state index is 5.69. The zero-order valence-corrected chi connectivity index (χ0v) is 13.0. The van der Waals surface area contributed by atoms with Gasteiger partial charge in [-0.05, 0) is 50.5 Å². The van der Waals surface area contributed by atoms with Crippen molar-refractivity contribution in [3.8, 4) is 0 Å². The molecule has 2 atom stereocenters. The Morgan fingerprint density at radius 2 is 1.89 bits per heavy atom. The number of hydrogen-bond acceptors (Lipinski definition) is 2. The van der Waals surface area contributed by atoms with Crippen molar-refractivity contribution in [1.29, 1.82) is 0 Å². The highest BCUT2D eigenvalue weighted by molar-refractivity contribution is 4.86. The van der Waals surface area contributed by atoms with Gasteiger partial charge in [-0.2, -0.15) is 0 Å². The number of nitrogens with one attached hydrogen (secondary N) is 1. The van der Waals surface area contributed by atoms with E-state index < -0.39 is 0 Å². The molecule has 1 N–H and O–H groups in total. The molecule has 2 fully saturated rings. The lowest BCUT2D eigenvalue weighted by Gasteiger charge is -2.39. The van der Waals surface area contributed by atoms with Crippen molar-refractivity contribution in [2.24, 2.45) is 17.8 Å². The summed E-state index contributed by atoms with van der Waals surface area (Å²) >= 11 is 0. The second-order valence-corrected chi connectivity index (χ2v) is 6.71. The van der Waals surface area contributed by atoms with E-state index in [0.717, 1.165) is 31.0 Å². The van der Waals surface area contributed by atoms with Crippen LogP contribution in [0.25, 0.3) is 0 Å². The van der Waals surface area contributed by atoms with E-state index in [1.54, 1.807) is 0 Å². The summed E-state index contributed by atoms with van der Waals surface area (Å²) in [6.45, 7) is 4.28. The Kier molecular flexibility index (Phi) is 6.66. The van der Waals surface area contributed by atoms with Crippen LogP contribution in [0.4, 0.5) is 0 Å². The van der Waals surface area contributed by atoms with Crippen LogP contribution in [0.2, 0.25) is 0 Å². The van der Waals surface area contributed by atoms with Crippen molar-refractivity contribution >= 4 is 0 Å². The largest absolute Gasteiger partial charge is 0.381 e. The van der Waals surface area contributed by atoms with Crippen LogP contribution in [-0.4, -0.2) is 26.3 Å². The molecular formula is C17H33NO. The fraction of sp³-hybridized carbons (Fsp3) is 1.00. The molecule has 2 unspecified atom stereocenters. The quantitative estimate of drug-likeness (QED) is 0.785. The Bertz CT molecular complexity index is 229. The zero-order chi connectivity index (χ0) is 13.5. The summed E-state index contributed by atoms with van der Waals surface area (Å²) in [5.41, 5.74) is 0. The van der Waals surface area contributed by atoms with E-state index in [-0.39, 0.29) is 0 Å². The maximum absolute atomic E-state index is 5.69. The summed E-state index contributed by atoms with van der Waals surface area (Å²) in [6, 6.07) is 0.701. The first kappa shape index (κ1) is 15.3. The van der Waals surface area contributed by atoms with Gasteiger partial charge in [-0.1, -0.05) is 39.0 Å². The minimum atomic E-state index is 0.701. The van der Waals surface area contributed by atoms with Crippen molar-refractivity contribution < 1.29 is 4.74 Å². The van der Waals surface area contributed by atoms with Gasteiger partial charge in [0.25, 0.3) is 0 Å². The lowest BCUT2D eigenvalue weighted by molar-refractivity contribution is 0.0239. The van der Waals surface area contributed by atoms with Crippen LogP contribution in [0, 0.1) is 17.8 Å². The van der Waals surface area contributed by atoms with Gasteiger partial charge in [-0.3, -0.25) is 0 Å². The van der Waals surface area contributed by atoms with Crippen LogP contribution >= 0.6 is 0 Å². The SMILES string of the molecule is CCCCC1CCC(C(NC)C2CCCOC2)CC1. The Morgan fingerprint density at radius 1 is 1.11 bits per heavy atom. The molecular weight excluding hydrogens is 234 g/mol. The van der Waals surface area contributed by atoms with Gasteiger partial charge >= 0.3 is 0 Å². The molecule has 2 nitrogen and oxygen atoms in total. The summed E-state index contributed by atoms with van der Waals surface area (Å²) in [5, 5.41) is 3.62. The third-order valence-corrected chi connectivity index (χ3v) is 5.40. The Labute approximate surface area is 119 Å². The molecule has 1 saturated carbocycles. The first-order valence-electron chi connectivity index (χ1n) is 8.60. The number of unbranched alkanes of at least 4 members (excludes halogenated alkanes) is 1. The summed E-state index contributed by atoms with van der Waals surface area (Å²) in [5.74, 6) is 2.68. The van der Waals surface area contributed by atoms with E-state index in [4.69, 9.17) is 4.74 Å². The first-order valence-corrected chi connectivity index (χ1v) is 8.60. The van der Waals surface area contributed by atoms with Crippen molar-refractivity contribution in [1.82, 2.24) is 5.32 Å². The van der Waals surface area contributed by atoms with E-state index in [9.17, 15) is 0 Å². The summed E-state index contributed by atoms with van der Waals surface area (Å²) in [4.78, 5) is 0. The second-order valence-electron chi connectivity index (χ2n) is 6.71. The molecule has 0 amide bonds. The molecule has 1 heterocycles. The van der Waals surface area contributed by atoms with Crippen molar-refractivity contribution in [2.75, 3.05) is 20.3 Å². The smallest absolute Gasteiger partial charge is 0.0509 e.